The van der Waals surface area contributed by atoms with Crippen molar-refractivity contribution in [3.05, 3.63) is 24.0 Å². The minimum Gasteiger partial charge on any atom is -0.481 e. The fraction of sp³-hybridized carbons (Fsp3) is 0.429. The van der Waals surface area contributed by atoms with Crippen LogP contribution in [0.15, 0.2) is 23.4 Å². The standard InChI is InChI=1S/C14H17FN2O2S/c1-3-9(2)7-17-11-6-4-5-10(15)13(11)16-14(17)20-8-12(18)19/h4-6,9H,3,7-8H2,1-2H3,(H,18,19). The zero-order valence-electron chi connectivity index (χ0n) is 11.5. The zero-order chi connectivity index (χ0) is 14.7. The SMILES string of the molecule is CCC(C)Cn1c(SCC(=O)O)nc2c(F)cccc21. The van der Waals surface area contributed by atoms with Crippen molar-refractivity contribution in [3.63, 3.8) is 0 Å². The summed E-state index contributed by atoms with van der Waals surface area (Å²) >= 11 is 1.13. The Morgan fingerprint density at radius 3 is 2.95 bits per heavy atom. The largest absolute Gasteiger partial charge is 0.481 e. The van der Waals surface area contributed by atoms with Gasteiger partial charge in [0.05, 0.1) is 11.3 Å². The van der Waals surface area contributed by atoms with Crippen LogP contribution >= 0.6 is 11.8 Å². The Morgan fingerprint density at radius 1 is 1.55 bits per heavy atom. The molecule has 0 aliphatic heterocycles. The molecule has 20 heavy (non-hydrogen) atoms. The Labute approximate surface area is 121 Å². The van der Waals surface area contributed by atoms with Crippen molar-refractivity contribution < 1.29 is 14.3 Å². The lowest BCUT2D eigenvalue weighted by Gasteiger charge is -2.13. The smallest absolute Gasteiger partial charge is 0.313 e. The molecule has 0 saturated heterocycles. The first-order valence-electron chi connectivity index (χ1n) is 6.52. The second-order valence-electron chi connectivity index (χ2n) is 4.81. The number of thioether (sulfide) groups is 1. The van der Waals surface area contributed by atoms with Crippen LogP contribution in [0.5, 0.6) is 0 Å². The number of carbonyl (C=O) groups is 1. The molecule has 4 nitrogen and oxygen atoms in total. The molecule has 1 N–H and O–H groups in total. The highest BCUT2D eigenvalue weighted by Crippen LogP contribution is 2.27. The molecule has 0 aliphatic carbocycles. The van der Waals surface area contributed by atoms with Gasteiger partial charge in [-0.3, -0.25) is 4.79 Å². The van der Waals surface area contributed by atoms with Crippen molar-refractivity contribution in [3.8, 4) is 0 Å². The highest BCUT2D eigenvalue weighted by atomic mass is 32.2. The van der Waals surface area contributed by atoms with E-state index in [0.29, 0.717) is 23.1 Å². The normalized spacial score (nSPS) is 12.8. The number of halogens is 1. The number of imidazole rings is 1. The van der Waals surface area contributed by atoms with Gasteiger partial charge in [-0.1, -0.05) is 38.1 Å². The van der Waals surface area contributed by atoms with Gasteiger partial charge in [0.25, 0.3) is 0 Å². The molecule has 0 aliphatic rings. The highest BCUT2D eigenvalue weighted by Gasteiger charge is 2.16. The number of carboxylic acid groups (broad SMARTS) is 1. The molecule has 1 aromatic heterocycles. The number of rotatable bonds is 6. The summed E-state index contributed by atoms with van der Waals surface area (Å²) in [6.45, 7) is 4.91. The molecular weight excluding hydrogens is 279 g/mol. The molecule has 108 valence electrons. The summed E-state index contributed by atoms with van der Waals surface area (Å²) in [4.78, 5) is 15.0. The summed E-state index contributed by atoms with van der Waals surface area (Å²) in [5.41, 5.74) is 1.03. The van der Waals surface area contributed by atoms with Crippen LogP contribution in [0.3, 0.4) is 0 Å². The van der Waals surface area contributed by atoms with Crippen LogP contribution in [0.1, 0.15) is 20.3 Å². The first-order valence-corrected chi connectivity index (χ1v) is 7.50. The van der Waals surface area contributed by atoms with Crippen molar-refractivity contribution in [2.24, 2.45) is 5.92 Å². The van der Waals surface area contributed by atoms with Crippen LogP contribution in [0.4, 0.5) is 4.39 Å². The Kier molecular flexibility index (Phi) is 4.65. The number of benzene rings is 1. The van der Waals surface area contributed by atoms with Gasteiger partial charge in [0.15, 0.2) is 11.0 Å². The number of nitrogens with zero attached hydrogens (tertiary/aromatic N) is 2. The molecule has 6 heteroatoms. The van der Waals surface area contributed by atoms with Crippen LogP contribution < -0.4 is 0 Å². The number of hydrogen-bond acceptors (Lipinski definition) is 3. The van der Waals surface area contributed by atoms with E-state index < -0.39 is 5.97 Å². The van der Waals surface area contributed by atoms with Crippen molar-refractivity contribution in [2.45, 2.75) is 32.0 Å². The topological polar surface area (TPSA) is 55.1 Å². The number of hydrogen-bond donors (Lipinski definition) is 1. The lowest BCUT2D eigenvalue weighted by Crippen LogP contribution is -2.09. The van der Waals surface area contributed by atoms with Gasteiger partial charge in [0, 0.05) is 6.54 Å². The van der Waals surface area contributed by atoms with E-state index >= 15 is 0 Å². The Morgan fingerprint density at radius 2 is 2.30 bits per heavy atom. The molecule has 2 aromatic rings. The summed E-state index contributed by atoms with van der Waals surface area (Å²) in [5.74, 6) is -0.939. The number of para-hydroxylation sites is 1. The van der Waals surface area contributed by atoms with Crippen LogP contribution in [0.2, 0.25) is 0 Å². The third kappa shape index (κ3) is 3.12. The summed E-state index contributed by atoms with van der Waals surface area (Å²) in [7, 11) is 0. The summed E-state index contributed by atoms with van der Waals surface area (Å²) in [5, 5.41) is 9.35. The molecule has 0 radical (unpaired) electrons. The molecule has 1 atom stereocenters. The third-order valence-corrected chi connectivity index (χ3v) is 4.17. The molecule has 1 unspecified atom stereocenters. The molecule has 1 aromatic carbocycles. The monoisotopic (exact) mass is 296 g/mol. The molecule has 0 bridgehead atoms. The maximum absolute atomic E-state index is 13.8. The van der Waals surface area contributed by atoms with Gasteiger partial charge in [0.2, 0.25) is 0 Å². The maximum Gasteiger partial charge on any atom is 0.313 e. The van der Waals surface area contributed by atoms with Gasteiger partial charge in [0.1, 0.15) is 5.52 Å². The second kappa shape index (κ2) is 6.26. The molecular formula is C14H17FN2O2S. The van der Waals surface area contributed by atoms with Gasteiger partial charge in [-0.15, -0.1) is 0 Å². The van der Waals surface area contributed by atoms with E-state index in [-0.39, 0.29) is 11.6 Å². The van der Waals surface area contributed by atoms with E-state index in [1.54, 1.807) is 6.07 Å². The van der Waals surface area contributed by atoms with E-state index in [1.807, 2.05) is 10.6 Å². The van der Waals surface area contributed by atoms with Crippen LogP contribution in [0.25, 0.3) is 11.0 Å². The number of fused-ring (bicyclic) bond motifs is 1. The minimum atomic E-state index is -0.905. The molecule has 0 fully saturated rings. The average Bonchev–Trinajstić information content (AvgIpc) is 2.76. The Hall–Kier alpha value is -1.56. The van der Waals surface area contributed by atoms with Gasteiger partial charge >= 0.3 is 5.97 Å². The Balaban J connectivity index is 2.45. The predicted octanol–water partition coefficient (Wildman–Crippen LogP) is 3.40. The summed E-state index contributed by atoms with van der Waals surface area (Å²) in [6.07, 6.45) is 0.998. The second-order valence-corrected chi connectivity index (χ2v) is 5.75. The summed E-state index contributed by atoms with van der Waals surface area (Å²) < 4.78 is 15.7. The first-order chi connectivity index (χ1) is 9.52. The molecule has 1 heterocycles. The maximum atomic E-state index is 13.8. The quantitative estimate of drug-likeness (QED) is 0.830. The predicted molar refractivity (Wildman–Crippen MR) is 77.5 cm³/mol. The van der Waals surface area contributed by atoms with Crippen LogP contribution in [-0.2, 0) is 11.3 Å². The van der Waals surface area contributed by atoms with Gasteiger partial charge < -0.3 is 9.67 Å². The molecule has 0 amide bonds. The first kappa shape index (κ1) is 14.8. The van der Waals surface area contributed by atoms with Gasteiger partial charge in [-0.25, -0.2) is 9.37 Å². The van der Waals surface area contributed by atoms with Gasteiger partial charge in [-0.2, -0.15) is 0 Å². The van der Waals surface area contributed by atoms with Crippen LogP contribution in [-0.4, -0.2) is 26.4 Å². The van der Waals surface area contributed by atoms with Gasteiger partial charge in [-0.05, 0) is 18.1 Å². The average molecular weight is 296 g/mol. The van der Waals surface area contributed by atoms with Crippen molar-refractivity contribution in [2.75, 3.05) is 5.75 Å². The van der Waals surface area contributed by atoms with Crippen molar-refractivity contribution in [1.82, 2.24) is 9.55 Å². The molecule has 2 rings (SSSR count). The van der Waals surface area contributed by atoms with E-state index in [4.69, 9.17) is 5.11 Å². The number of carboxylic acids is 1. The number of aromatic nitrogens is 2. The lowest BCUT2D eigenvalue weighted by atomic mass is 10.1. The van der Waals surface area contributed by atoms with Crippen LogP contribution in [0, 0.1) is 11.7 Å². The van der Waals surface area contributed by atoms with Crippen molar-refractivity contribution >= 4 is 28.8 Å². The van der Waals surface area contributed by atoms with E-state index in [2.05, 4.69) is 18.8 Å². The highest BCUT2D eigenvalue weighted by molar-refractivity contribution is 7.99. The number of aliphatic carboxylic acids is 1. The van der Waals surface area contributed by atoms with Crippen molar-refractivity contribution in [1.29, 1.82) is 0 Å². The van der Waals surface area contributed by atoms with E-state index in [1.165, 1.54) is 6.07 Å². The fourth-order valence-corrected chi connectivity index (χ4v) is 2.68. The Bertz CT molecular complexity index is 627. The molecule has 0 saturated carbocycles. The van der Waals surface area contributed by atoms with E-state index in [9.17, 15) is 9.18 Å². The fourth-order valence-electron chi connectivity index (χ4n) is 1.95. The van der Waals surface area contributed by atoms with E-state index in [0.717, 1.165) is 23.7 Å². The zero-order valence-corrected chi connectivity index (χ0v) is 12.3. The minimum absolute atomic E-state index is 0.0779. The third-order valence-electron chi connectivity index (χ3n) is 3.21. The molecule has 0 spiro atoms. The summed E-state index contributed by atoms with van der Waals surface area (Å²) in [6, 6.07) is 4.84. The lowest BCUT2D eigenvalue weighted by molar-refractivity contribution is -0.133.